The van der Waals surface area contributed by atoms with Crippen molar-refractivity contribution >= 4 is 27.7 Å². The highest BCUT2D eigenvalue weighted by Gasteiger charge is 2.75. The molecular weight excluding hydrogens is 415 g/mol. The van der Waals surface area contributed by atoms with Crippen LogP contribution in [0.25, 0.3) is 0 Å². The Balaban J connectivity index is 3.39. The molecule has 1 aliphatic heterocycles. The number of nitrogens with one attached hydrogen (secondary N) is 1. The summed E-state index contributed by atoms with van der Waals surface area (Å²) in [6, 6.07) is 0. The van der Waals surface area contributed by atoms with Gasteiger partial charge in [0, 0.05) is 5.25 Å². The number of rotatable bonds is 4. The number of hydrogen-bond acceptors (Lipinski definition) is 2. The molecule has 0 fully saturated rings. The van der Waals surface area contributed by atoms with Crippen LogP contribution in [0.5, 0.6) is 0 Å². The van der Waals surface area contributed by atoms with E-state index in [2.05, 4.69) is 22.0 Å². The molecule has 0 saturated carbocycles. The van der Waals surface area contributed by atoms with Crippen molar-refractivity contribution in [2.75, 3.05) is 5.75 Å². The highest BCUT2D eigenvalue weighted by molar-refractivity contribution is 9.10. The minimum absolute atomic E-state index is 0.0327. The van der Waals surface area contributed by atoms with Gasteiger partial charge in [-0.3, -0.25) is 0 Å². The molecule has 1 rings (SSSR count). The summed E-state index contributed by atoms with van der Waals surface area (Å²) in [6.07, 6.45) is -9.13. The first-order valence-corrected chi connectivity index (χ1v) is 8.28. The summed E-state index contributed by atoms with van der Waals surface area (Å²) >= 11 is 4.33. The third kappa shape index (κ3) is 3.83. The molecule has 0 aliphatic carbocycles. The fourth-order valence-electron chi connectivity index (χ4n) is 2.02. The second-order valence-corrected chi connectivity index (χ2v) is 7.82. The normalized spacial score (nSPS) is 24.7. The van der Waals surface area contributed by atoms with Gasteiger partial charge >= 0.3 is 18.0 Å². The molecule has 0 bridgehead atoms. The van der Waals surface area contributed by atoms with Crippen LogP contribution < -0.4 is 5.32 Å². The van der Waals surface area contributed by atoms with Gasteiger partial charge in [-0.15, -0.1) is 0 Å². The molecule has 0 aromatic rings. The highest BCUT2D eigenvalue weighted by atomic mass is 79.9. The zero-order chi connectivity index (χ0) is 18.3. The van der Waals surface area contributed by atoms with E-state index >= 15 is 0 Å². The van der Waals surface area contributed by atoms with Gasteiger partial charge in [-0.2, -0.15) is 38.1 Å². The first kappa shape index (κ1) is 20.7. The average molecular weight is 429 g/mol. The van der Waals surface area contributed by atoms with Gasteiger partial charge in [-0.05, 0) is 37.3 Å². The maximum Gasteiger partial charge on any atom is 0.437 e. The van der Waals surface area contributed by atoms with Gasteiger partial charge in [0.15, 0.2) is 0 Å². The summed E-state index contributed by atoms with van der Waals surface area (Å²) in [7, 11) is 0. The number of hydrogen-bond donors (Lipinski definition) is 1. The second kappa shape index (κ2) is 6.50. The Bertz CT molecular complexity index is 497. The number of dihydropyridines is 1. The standard InChI is InChI=1S/C13H14BrF7NS/c1-4-23-8(3)10(14)6-7(2)5-9(22-10)11(15,12(16,17)18)13(19,20)21/h5,8,22H,4H2,1-3H3. The van der Waals surface area contributed by atoms with Crippen LogP contribution >= 0.6 is 27.7 Å². The van der Waals surface area contributed by atoms with Crippen LogP contribution in [0.15, 0.2) is 17.3 Å². The van der Waals surface area contributed by atoms with Crippen LogP contribution in [0.3, 0.4) is 0 Å². The lowest BCUT2D eigenvalue weighted by Gasteiger charge is -2.41. The Morgan fingerprint density at radius 2 is 1.70 bits per heavy atom. The third-order valence-corrected chi connectivity index (χ3v) is 5.76. The molecular formula is C13H14BrF7NS. The van der Waals surface area contributed by atoms with E-state index in [4.69, 9.17) is 0 Å². The van der Waals surface area contributed by atoms with E-state index in [0.717, 1.165) is 0 Å². The SMILES string of the molecule is CCSC(C)C1(Br)[C]=C(C)C=C(C(F)(C(F)(F)F)C(F)(F)F)N1. The Hall–Kier alpha value is -0.380. The zero-order valence-electron chi connectivity index (χ0n) is 12.3. The van der Waals surface area contributed by atoms with Gasteiger partial charge < -0.3 is 5.32 Å². The smallest absolute Gasteiger partial charge is 0.366 e. The number of allylic oxidation sites excluding steroid dienone is 3. The van der Waals surface area contributed by atoms with Crippen molar-refractivity contribution in [1.82, 2.24) is 5.32 Å². The Kier molecular flexibility index (Phi) is 5.84. The second-order valence-electron chi connectivity index (χ2n) is 4.95. The average Bonchev–Trinajstić information content (AvgIpc) is 2.34. The third-order valence-electron chi connectivity index (χ3n) is 3.19. The van der Waals surface area contributed by atoms with E-state index in [-0.39, 0.29) is 5.57 Å². The fraction of sp³-hybridized carbons (Fsp3) is 0.692. The van der Waals surface area contributed by atoms with E-state index in [9.17, 15) is 30.7 Å². The van der Waals surface area contributed by atoms with Crippen molar-refractivity contribution in [3.8, 4) is 0 Å². The molecule has 0 amide bonds. The monoisotopic (exact) mass is 428 g/mol. The molecule has 1 radical (unpaired) electrons. The quantitative estimate of drug-likeness (QED) is 0.371. The van der Waals surface area contributed by atoms with Crippen LogP contribution in [-0.2, 0) is 0 Å². The first-order valence-electron chi connectivity index (χ1n) is 6.44. The molecule has 0 aromatic carbocycles. The van der Waals surface area contributed by atoms with E-state index in [1.165, 1.54) is 18.7 Å². The predicted molar refractivity (Wildman–Crippen MR) is 78.8 cm³/mol. The Morgan fingerprint density at radius 3 is 2.09 bits per heavy atom. The molecule has 133 valence electrons. The Morgan fingerprint density at radius 1 is 1.22 bits per heavy atom. The molecule has 1 nitrogen and oxygen atoms in total. The summed E-state index contributed by atoms with van der Waals surface area (Å²) in [5, 5.41) is 1.51. The van der Waals surface area contributed by atoms with Crippen molar-refractivity contribution in [3.05, 3.63) is 23.4 Å². The molecule has 2 atom stereocenters. The lowest BCUT2D eigenvalue weighted by atomic mass is 9.93. The summed E-state index contributed by atoms with van der Waals surface area (Å²) in [5.41, 5.74) is -7.12. The van der Waals surface area contributed by atoms with Crippen LogP contribution in [0.4, 0.5) is 30.7 Å². The minimum Gasteiger partial charge on any atom is -0.366 e. The Labute approximate surface area is 141 Å². The van der Waals surface area contributed by atoms with Crippen LogP contribution in [-0.4, -0.2) is 33.5 Å². The highest BCUT2D eigenvalue weighted by Crippen LogP contribution is 2.52. The molecule has 1 aliphatic rings. The summed E-state index contributed by atoms with van der Waals surface area (Å²) in [4.78, 5) is 0. The molecule has 2 unspecified atom stereocenters. The summed E-state index contributed by atoms with van der Waals surface area (Å²) in [5.74, 6) is 0.565. The molecule has 1 heterocycles. The molecule has 23 heavy (non-hydrogen) atoms. The molecule has 0 saturated heterocycles. The lowest BCUT2D eigenvalue weighted by Crippen LogP contribution is -2.61. The number of halogens is 8. The molecule has 1 N–H and O–H groups in total. The van der Waals surface area contributed by atoms with E-state index in [1.54, 1.807) is 13.8 Å². The summed E-state index contributed by atoms with van der Waals surface area (Å²) < 4.78 is 90.0. The van der Waals surface area contributed by atoms with Crippen molar-refractivity contribution < 1.29 is 30.7 Å². The van der Waals surface area contributed by atoms with Crippen LogP contribution in [0.1, 0.15) is 20.8 Å². The summed E-state index contributed by atoms with van der Waals surface area (Å²) in [6.45, 7) is 4.62. The fourth-order valence-corrected chi connectivity index (χ4v) is 3.79. The van der Waals surface area contributed by atoms with Gasteiger partial charge in [0.05, 0.1) is 5.70 Å². The van der Waals surface area contributed by atoms with Crippen molar-refractivity contribution in [1.29, 1.82) is 0 Å². The van der Waals surface area contributed by atoms with Crippen LogP contribution in [0.2, 0.25) is 0 Å². The van der Waals surface area contributed by atoms with Crippen LogP contribution in [0, 0.1) is 6.08 Å². The van der Waals surface area contributed by atoms with E-state index in [1.807, 2.05) is 5.32 Å². The van der Waals surface area contributed by atoms with Crippen molar-refractivity contribution in [2.24, 2.45) is 0 Å². The van der Waals surface area contributed by atoms with Gasteiger partial charge in [-0.25, -0.2) is 4.39 Å². The maximum absolute atomic E-state index is 14.2. The molecule has 0 aromatic heterocycles. The number of thioether (sulfide) groups is 1. The minimum atomic E-state index is -6.16. The largest absolute Gasteiger partial charge is 0.437 e. The lowest BCUT2D eigenvalue weighted by molar-refractivity contribution is -0.328. The molecule has 10 heteroatoms. The number of alkyl halides is 8. The van der Waals surface area contributed by atoms with Gasteiger partial charge in [0.1, 0.15) is 4.45 Å². The van der Waals surface area contributed by atoms with Gasteiger partial charge in [0.25, 0.3) is 0 Å². The van der Waals surface area contributed by atoms with E-state index < -0.39 is 33.4 Å². The van der Waals surface area contributed by atoms with E-state index in [0.29, 0.717) is 11.8 Å². The predicted octanol–water partition coefficient (Wildman–Crippen LogP) is 5.29. The first-order chi connectivity index (χ1) is 10.2. The maximum atomic E-state index is 14.2. The zero-order valence-corrected chi connectivity index (χ0v) is 14.7. The van der Waals surface area contributed by atoms with Crippen molar-refractivity contribution in [3.63, 3.8) is 0 Å². The molecule has 0 spiro atoms. The van der Waals surface area contributed by atoms with Crippen molar-refractivity contribution in [2.45, 2.75) is 48.5 Å². The van der Waals surface area contributed by atoms with Gasteiger partial charge in [0.2, 0.25) is 0 Å². The topological polar surface area (TPSA) is 12.0 Å². The van der Waals surface area contributed by atoms with Gasteiger partial charge in [-0.1, -0.05) is 22.9 Å².